The predicted molar refractivity (Wildman–Crippen MR) is 48.9 cm³/mol. The number of hydrogen-bond donors (Lipinski definition) is 0. The number of rotatable bonds is 2. The van der Waals surface area contributed by atoms with E-state index >= 15 is 0 Å². The van der Waals surface area contributed by atoms with E-state index in [1.54, 1.807) is 6.92 Å². The van der Waals surface area contributed by atoms with Gasteiger partial charge in [-0.2, -0.15) is 0 Å². The molecule has 3 heteroatoms. The van der Waals surface area contributed by atoms with Gasteiger partial charge in [-0.05, 0) is 25.9 Å². The molecule has 1 aliphatic rings. The molecule has 0 aromatic rings. The van der Waals surface area contributed by atoms with E-state index in [4.69, 9.17) is 0 Å². The second-order valence-electron chi connectivity index (χ2n) is 3.82. The summed E-state index contributed by atoms with van der Waals surface area (Å²) in [5, 5.41) is 0. The Labute approximate surface area is 74.3 Å². The summed E-state index contributed by atoms with van der Waals surface area (Å²) >= 11 is 0. The molecular formula is C9H18N2O. The molecule has 12 heavy (non-hydrogen) atoms. The first kappa shape index (κ1) is 9.52. The van der Waals surface area contributed by atoms with Crippen molar-refractivity contribution >= 4 is 5.91 Å². The van der Waals surface area contributed by atoms with Gasteiger partial charge in [-0.3, -0.25) is 4.79 Å². The molecule has 0 bridgehead atoms. The molecular weight excluding hydrogens is 152 g/mol. The maximum Gasteiger partial charge on any atom is 0.219 e. The van der Waals surface area contributed by atoms with Gasteiger partial charge in [0.25, 0.3) is 0 Å². The third-order valence-electron chi connectivity index (χ3n) is 2.56. The van der Waals surface area contributed by atoms with Crippen LogP contribution in [0.1, 0.15) is 13.3 Å². The van der Waals surface area contributed by atoms with Gasteiger partial charge in [0.2, 0.25) is 5.91 Å². The molecule has 1 amide bonds. The van der Waals surface area contributed by atoms with Crippen LogP contribution in [0.15, 0.2) is 0 Å². The number of carbonyl (C=O) groups is 1. The summed E-state index contributed by atoms with van der Waals surface area (Å²) in [5.74, 6) is 0.855. The van der Waals surface area contributed by atoms with Crippen LogP contribution < -0.4 is 0 Å². The van der Waals surface area contributed by atoms with Crippen LogP contribution in [0.4, 0.5) is 0 Å². The van der Waals surface area contributed by atoms with Crippen LogP contribution in [0, 0.1) is 5.92 Å². The highest BCUT2D eigenvalue weighted by Gasteiger charge is 2.21. The fourth-order valence-corrected chi connectivity index (χ4v) is 1.69. The highest BCUT2D eigenvalue weighted by Crippen LogP contribution is 2.14. The average Bonchev–Trinajstić information content (AvgIpc) is 2.35. The predicted octanol–water partition coefficient (Wildman–Crippen LogP) is 0.416. The van der Waals surface area contributed by atoms with E-state index in [-0.39, 0.29) is 5.91 Å². The van der Waals surface area contributed by atoms with Crippen LogP contribution in [0.5, 0.6) is 0 Å². The zero-order chi connectivity index (χ0) is 9.14. The molecule has 1 heterocycles. The minimum absolute atomic E-state index is 0.171. The fraction of sp³-hybridized carbons (Fsp3) is 0.889. The van der Waals surface area contributed by atoms with Crippen molar-refractivity contribution in [2.45, 2.75) is 13.3 Å². The molecule has 0 N–H and O–H groups in total. The van der Waals surface area contributed by atoms with Gasteiger partial charge in [0.05, 0.1) is 0 Å². The van der Waals surface area contributed by atoms with Gasteiger partial charge < -0.3 is 9.80 Å². The highest BCUT2D eigenvalue weighted by atomic mass is 16.2. The minimum atomic E-state index is 0.171. The second kappa shape index (κ2) is 3.90. The van der Waals surface area contributed by atoms with Crippen molar-refractivity contribution in [1.29, 1.82) is 0 Å². The highest BCUT2D eigenvalue weighted by molar-refractivity contribution is 5.72. The van der Waals surface area contributed by atoms with E-state index in [0.29, 0.717) is 5.92 Å². The van der Waals surface area contributed by atoms with Crippen molar-refractivity contribution < 1.29 is 4.79 Å². The molecule has 0 saturated carbocycles. The number of amides is 1. The maximum absolute atomic E-state index is 10.9. The van der Waals surface area contributed by atoms with Crippen LogP contribution in [0.3, 0.4) is 0 Å². The summed E-state index contributed by atoms with van der Waals surface area (Å²) in [7, 11) is 4.01. The SMILES string of the molecule is CC(=O)N(C)C[C@H]1CCN(C)C1. The molecule has 3 nitrogen and oxygen atoms in total. The molecule has 1 rings (SSSR count). The van der Waals surface area contributed by atoms with E-state index in [9.17, 15) is 4.79 Å². The van der Waals surface area contributed by atoms with Crippen LogP contribution in [-0.2, 0) is 4.79 Å². The van der Waals surface area contributed by atoms with Gasteiger partial charge >= 0.3 is 0 Å². The van der Waals surface area contributed by atoms with Crippen molar-refractivity contribution in [1.82, 2.24) is 9.80 Å². The smallest absolute Gasteiger partial charge is 0.219 e. The Kier molecular flexibility index (Phi) is 3.09. The Morgan fingerprint density at radius 1 is 1.67 bits per heavy atom. The molecule has 0 spiro atoms. The molecule has 1 fully saturated rings. The maximum atomic E-state index is 10.9. The van der Waals surface area contributed by atoms with Crippen molar-refractivity contribution in [3.05, 3.63) is 0 Å². The first-order valence-corrected chi connectivity index (χ1v) is 4.50. The number of nitrogens with zero attached hydrogens (tertiary/aromatic N) is 2. The standard InChI is InChI=1S/C9H18N2O/c1-8(12)11(3)7-9-4-5-10(2)6-9/h9H,4-7H2,1-3H3/t9-/m0/s1. The summed E-state index contributed by atoms with van der Waals surface area (Å²) < 4.78 is 0. The zero-order valence-electron chi connectivity index (χ0n) is 8.21. The number of hydrogen-bond acceptors (Lipinski definition) is 2. The number of likely N-dealkylation sites (tertiary alicyclic amines) is 1. The van der Waals surface area contributed by atoms with Crippen LogP contribution in [0.25, 0.3) is 0 Å². The van der Waals surface area contributed by atoms with Crippen molar-refractivity contribution in [3.63, 3.8) is 0 Å². The third kappa shape index (κ3) is 2.48. The van der Waals surface area contributed by atoms with Gasteiger partial charge in [0.15, 0.2) is 0 Å². The summed E-state index contributed by atoms with van der Waals surface area (Å²) in [5.41, 5.74) is 0. The van der Waals surface area contributed by atoms with Gasteiger partial charge in [-0.25, -0.2) is 0 Å². The number of carbonyl (C=O) groups excluding carboxylic acids is 1. The van der Waals surface area contributed by atoms with Gasteiger partial charge in [0.1, 0.15) is 0 Å². The van der Waals surface area contributed by atoms with E-state index < -0.39 is 0 Å². The first-order chi connectivity index (χ1) is 5.59. The van der Waals surface area contributed by atoms with Gasteiger partial charge in [-0.15, -0.1) is 0 Å². The topological polar surface area (TPSA) is 23.6 Å². The van der Waals surface area contributed by atoms with Crippen molar-refractivity contribution in [2.24, 2.45) is 5.92 Å². The molecule has 0 aliphatic carbocycles. The average molecular weight is 170 g/mol. The van der Waals surface area contributed by atoms with E-state index in [1.807, 2.05) is 11.9 Å². The molecule has 1 aliphatic heterocycles. The molecule has 1 saturated heterocycles. The normalized spacial score (nSPS) is 24.4. The van der Waals surface area contributed by atoms with E-state index in [1.165, 1.54) is 13.0 Å². The van der Waals surface area contributed by atoms with Crippen LogP contribution in [-0.4, -0.2) is 49.4 Å². The Hall–Kier alpha value is -0.570. The first-order valence-electron chi connectivity index (χ1n) is 4.50. The fourth-order valence-electron chi connectivity index (χ4n) is 1.69. The molecule has 0 aromatic carbocycles. The largest absolute Gasteiger partial charge is 0.346 e. The lowest BCUT2D eigenvalue weighted by atomic mass is 10.1. The molecule has 0 unspecified atom stereocenters. The summed E-state index contributed by atoms with van der Waals surface area (Å²) in [6, 6.07) is 0. The summed E-state index contributed by atoms with van der Waals surface area (Å²) in [6.07, 6.45) is 1.23. The Bertz CT molecular complexity index is 170. The Balaban J connectivity index is 2.27. The van der Waals surface area contributed by atoms with Crippen molar-refractivity contribution in [2.75, 3.05) is 33.7 Å². The Morgan fingerprint density at radius 2 is 2.33 bits per heavy atom. The lowest BCUT2D eigenvalue weighted by molar-refractivity contribution is -0.128. The lowest BCUT2D eigenvalue weighted by Crippen LogP contribution is -2.30. The van der Waals surface area contributed by atoms with E-state index in [0.717, 1.165) is 13.1 Å². The van der Waals surface area contributed by atoms with Crippen LogP contribution >= 0.6 is 0 Å². The summed E-state index contributed by atoms with van der Waals surface area (Å²) in [6.45, 7) is 4.85. The molecule has 0 aromatic heterocycles. The van der Waals surface area contributed by atoms with E-state index in [2.05, 4.69) is 11.9 Å². The van der Waals surface area contributed by atoms with Crippen molar-refractivity contribution in [3.8, 4) is 0 Å². The molecule has 70 valence electrons. The molecule has 1 atom stereocenters. The quantitative estimate of drug-likeness (QED) is 0.599. The molecule has 0 radical (unpaired) electrons. The third-order valence-corrected chi connectivity index (χ3v) is 2.56. The Morgan fingerprint density at radius 3 is 2.75 bits per heavy atom. The van der Waals surface area contributed by atoms with Gasteiger partial charge in [0, 0.05) is 27.1 Å². The summed E-state index contributed by atoms with van der Waals surface area (Å²) in [4.78, 5) is 15.1. The van der Waals surface area contributed by atoms with Gasteiger partial charge in [-0.1, -0.05) is 0 Å². The zero-order valence-corrected chi connectivity index (χ0v) is 8.21. The van der Waals surface area contributed by atoms with Crippen LogP contribution in [0.2, 0.25) is 0 Å². The lowest BCUT2D eigenvalue weighted by Gasteiger charge is -2.19. The monoisotopic (exact) mass is 170 g/mol. The minimum Gasteiger partial charge on any atom is -0.346 e. The second-order valence-corrected chi connectivity index (χ2v) is 3.82.